The van der Waals surface area contributed by atoms with Crippen LogP contribution in [0.4, 0.5) is 0 Å². The Labute approximate surface area is 132 Å². The predicted molar refractivity (Wildman–Crippen MR) is 87.2 cm³/mol. The van der Waals surface area contributed by atoms with E-state index in [1.807, 2.05) is 20.2 Å². The van der Waals surface area contributed by atoms with Gasteiger partial charge in [-0.05, 0) is 45.6 Å². The van der Waals surface area contributed by atoms with Crippen molar-refractivity contribution in [2.45, 2.75) is 31.3 Å². The summed E-state index contributed by atoms with van der Waals surface area (Å²) in [4.78, 5) is 2.20. The standard InChI is InChI=1S/C14H24ClN3O2S/c1-11(2)18(4)8-7-17-21(19,20)14-9-12(10-16-3)5-6-13(14)15/h5-6,9,11,16-17H,7-8,10H2,1-4H3. The van der Waals surface area contributed by atoms with Crippen LogP contribution >= 0.6 is 11.6 Å². The van der Waals surface area contributed by atoms with Crippen molar-refractivity contribution in [2.24, 2.45) is 0 Å². The summed E-state index contributed by atoms with van der Waals surface area (Å²) in [5.41, 5.74) is 0.876. The maximum Gasteiger partial charge on any atom is 0.242 e. The molecule has 0 saturated carbocycles. The lowest BCUT2D eigenvalue weighted by Crippen LogP contribution is -2.36. The van der Waals surface area contributed by atoms with Gasteiger partial charge in [0, 0.05) is 25.7 Å². The molecule has 21 heavy (non-hydrogen) atoms. The van der Waals surface area contributed by atoms with Crippen molar-refractivity contribution in [1.29, 1.82) is 0 Å². The Balaban J connectivity index is 2.80. The molecule has 0 radical (unpaired) electrons. The molecule has 0 aliphatic carbocycles. The fraction of sp³-hybridized carbons (Fsp3) is 0.571. The average Bonchev–Trinajstić information content (AvgIpc) is 2.40. The number of nitrogens with one attached hydrogen (secondary N) is 2. The first-order valence-corrected chi connectivity index (χ1v) is 8.77. The van der Waals surface area contributed by atoms with E-state index in [9.17, 15) is 8.42 Å². The summed E-state index contributed by atoms with van der Waals surface area (Å²) < 4.78 is 27.2. The van der Waals surface area contributed by atoms with E-state index in [1.165, 1.54) is 0 Å². The Hall–Kier alpha value is -0.660. The average molecular weight is 334 g/mol. The maximum absolute atomic E-state index is 12.3. The molecule has 0 aliphatic rings. The monoisotopic (exact) mass is 333 g/mol. The second-order valence-electron chi connectivity index (χ2n) is 5.27. The van der Waals surface area contributed by atoms with Gasteiger partial charge in [-0.3, -0.25) is 0 Å². The molecule has 1 aromatic carbocycles. The van der Waals surface area contributed by atoms with E-state index in [1.54, 1.807) is 12.1 Å². The molecule has 2 N–H and O–H groups in total. The van der Waals surface area contributed by atoms with Gasteiger partial charge in [-0.1, -0.05) is 17.7 Å². The number of sulfonamides is 1. The van der Waals surface area contributed by atoms with Crippen molar-refractivity contribution in [3.63, 3.8) is 0 Å². The summed E-state index contributed by atoms with van der Waals surface area (Å²) >= 11 is 6.02. The van der Waals surface area contributed by atoms with Gasteiger partial charge in [-0.15, -0.1) is 0 Å². The van der Waals surface area contributed by atoms with Crippen molar-refractivity contribution in [3.8, 4) is 0 Å². The first-order chi connectivity index (χ1) is 9.77. The second-order valence-corrected chi connectivity index (χ2v) is 7.41. The summed E-state index contributed by atoms with van der Waals surface area (Å²) in [5.74, 6) is 0. The van der Waals surface area contributed by atoms with Crippen LogP contribution in [0.15, 0.2) is 23.1 Å². The van der Waals surface area contributed by atoms with Crippen LogP contribution in [0, 0.1) is 0 Å². The van der Waals surface area contributed by atoms with Gasteiger partial charge in [-0.25, -0.2) is 13.1 Å². The lowest BCUT2D eigenvalue weighted by atomic mass is 10.2. The van der Waals surface area contributed by atoms with E-state index < -0.39 is 10.0 Å². The summed E-state index contributed by atoms with van der Waals surface area (Å²) in [6.07, 6.45) is 0. The minimum absolute atomic E-state index is 0.129. The molecule has 0 fully saturated rings. The highest BCUT2D eigenvalue weighted by molar-refractivity contribution is 7.89. The number of halogens is 1. The Morgan fingerprint density at radius 3 is 2.57 bits per heavy atom. The molecule has 5 nitrogen and oxygen atoms in total. The quantitative estimate of drug-likeness (QED) is 0.760. The smallest absolute Gasteiger partial charge is 0.242 e. The molecule has 0 aliphatic heterocycles. The van der Waals surface area contributed by atoms with Crippen LogP contribution in [-0.4, -0.2) is 46.5 Å². The van der Waals surface area contributed by atoms with Crippen molar-refractivity contribution in [3.05, 3.63) is 28.8 Å². The molecule has 0 saturated heterocycles. The number of nitrogens with zero attached hydrogens (tertiary/aromatic N) is 1. The van der Waals surface area contributed by atoms with Gasteiger partial charge < -0.3 is 10.2 Å². The molecule has 120 valence electrons. The fourth-order valence-electron chi connectivity index (χ4n) is 1.76. The molecule has 0 heterocycles. The van der Waals surface area contributed by atoms with Crippen LogP contribution < -0.4 is 10.0 Å². The third-order valence-corrected chi connectivity index (χ3v) is 5.25. The molecule has 1 rings (SSSR count). The first kappa shape index (κ1) is 18.4. The minimum Gasteiger partial charge on any atom is -0.316 e. The first-order valence-electron chi connectivity index (χ1n) is 6.91. The molecule has 0 atom stereocenters. The van der Waals surface area contributed by atoms with Crippen molar-refractivity contribution >= 4 is 21.6 Å². The van der Waals surface area contributed by atoms with E-state index in [0.29, 0.717) is 25.7 Å². The molecule has 0 bridgehead atoms. The van der Waals surface area contributed by atoms with E-state index >= 15 is 0 Å². The van der Waals surface area contributed by atoms with Gasteiger partial charge in [0.15, 0.2) is 0 Å². The van der Waals surface area contributed by atoms with Crippen LogP contribution in [0.25, 0.3) is 0 Å². The number of hydrogen-bond acceptors (Lipinski definition) is 4. The Morgan fingerprint density at radius 1 is 1.33 bits per heavy atom. The molecule has 0 unspecified atom stereocenters. The maximum atomic E-state index is 12.3. The van der Waals surface area contributed by atoms with Gasteiger partial charge >= 0.3 is 0 Å². The molecule has 0 amide bonds. The molecule has 0 spiro atoms. The van der Waals surface area contributed by atoms with E-state index in [-0.39, 0.29) is 9.92 Å². The number of likely N-dealkylation sites (N-methyl/N-ethyl adjacent to an activating group) is 1. The Bertz CT molecular complexity index is 561. The molecule has 0 aromatic heterocycles. The highest BCUT2D eigenvalue weighted by atomic mass is 35.5. The third-order valence-electron chi connectivity index (χ3n) is 3.30. The van der Waals surface area contributed by atoms with Crippen molar-refractivity contribution in [1.82, 2.24) is 14.9 Å². The van der Waals surface area contributed by atoms with E-state index in [2.05, 4.69) is 28.8 Å². The number of rotatable bonds is 8. The summed E-state index contributed by atoms with van der Waals surface area (Å²) in [5, 5.41) is 3.22. The zero-order chi connectivity index (χ0) is 16.0. The zero-order valence-electron chi connectivity index (χ0n) is 13.0. The molecule has 7 heteroatoms. The Kier molecular flexibility index (Phi) is 7.09. The van der Waals surface area contributed by atoms with Gasteiger partial charge in [0.05, 0.1) is 5.02 Å². The minimum atomic E-state index is -3.59. The van der Waals surface area contributed by atoms with Crippen LogP contribution in [0.1, 0.15) is 19.4 Å². The van der Waals surface area contributed by atoms with Gasteiger partial charge in [0.2, 0.25) is 10.0 Å². The lowest BCUT2D eigenvalue weighted by molar-refractivity contribution is 0.278. The lowest BCUT2D eigenvalue weighted by Gasteiger charge is -2.21. The van der Waals surface area contributed by atoms with Crippen molar-refractivity contribution < 1.29 is 8.42 Å². The summed E-state index contributed by atoms with van der Waals surface area (Å²) in [6.45, 7) is 5.71. The molecular formula is C14H24ClN3O2S. The fourth-order valence-corrected chi connectivity index (χ4v) is 3.33. The second kappa shape index (κ2) is 8.10. The van der Waals surface area contributed by atoms with Crippen LogP contribution in [0.2, 0.25) is 5.02 Å². The highest BCUT2D eigenvalue weighted by Gasteiger charge is 2.18. The number of benzene rings is 1. The van der Waals surface area contributed by atoms with E-state index in [4.69, 9.17) is 11.6 Å². The summed E-state index contributed by atoms with van der Waals surface area (Å²) in [6, 6.07) is 5.40. The number of hydrogen-bond donors (Lipinski definition) is 2. The predicted octanol–water partition coefficient (Wildman–Crippen LogP) is 1.68. The van der Waals surface area contributed by atoms with Gasteiger partial charge in [-0.2, -0.15) is 0 Å². The topological polar surface area (TPSA) is 61.4 Å². The molecule has 1 aromatic rings. The van der Waals surface area contributed by atoms with E-state index in [0.717, 1.165) is 5.56 Å². The largest absolute Gasteiger partial charge is 0.316 e. The van der Waals surface area contributed by atoms with Crippen LogP contribution in [-0.2, 0) is 16.6 Å². The third kappa shape index (κ3) is 5.56. The van der Waals surface area contributed by atoms with Crippen LogP contribution in [0.5, 0.6) is 0 Å². The normalized spacial score (nSPS) is 12.3. The summed E-state index contributed by atoms with van der Waals surface area (Å²) in [7, 11) is 0.177. The SMILES string of the molecule is CNCc1ccc(Cl)c(S(=O)(=O)NCCN(C)C(C)C)c1. The van der Waals surface area contributed by atoms with Crippen molar-refractivity contribution in [2.75, 3.05) is 27.2 Å². The van der Waals surface area contributed by atoms with Gasteiger partial charge in [0.25, 0.3) is 0 Å². The van der Waals surface area contributed by atoms with Gasteiger partial charge in [0.1, 0.15) is 4.90 Å². The highest BCUT2D eigenvalue weighted by Crippen LogP contribution is 2.22. The Morgan fingerprint density at radius 2 is 2.00 bits per heavy atom. The zero-order valence-corrected chi connectivity index (χ0v) is 14.6. The van der Waals surface area contributed by atoms with Crippen LogP contribution in [0.3, 0.4) is 0 Å². The molecular weight excluding hydrogens is 310 g/mol.